The number of nitrogens with zero attached hydrogens (tertiary/aromatic N) is 2. The second-order valence-electron chi connectivity index (χ2n) is 6.81. The fourth-order valence-corrected chi connectivity index (χ4v) is 3.11. The fraction of sp³-hybridized carbons (Fsp3) is 0.273. The van der Waals surface area contributed by atoms with Crippen LogP contribution in [0, 0.1) is 5.82 Å². The Kier molecular flexibility index (Phi) is 5.90. The van der Waals surface area contributed by atoms with Crippen molar-refractivity contribution in [1.82, 2.24) is 4.90 Å². The van der Waals surface area contributed by atoms with E-state index in [-0.39, 0.29) is 36.4 Å². The molecule has 0 bridgehead atoms. The third kappa shape index (κ3) is 3.97. The molecule has 5 nitrogen and oxygen atoms in total. The lowest BCUT2D eigenvalue weighted by Crippen LogP contribution is -2.37. The van der Waals surface area contributed by atoms with E-state index in [0.717, 1.165) is 5.69 Å². The van der Waals surface area contributed by atoms with Crippen molar-refractivity contribution < 1.29 is 18.7 Å². The van der Waals surface area contributed by atoms with Gasteiger partial charge in [0.1, 0.15) is 11.5 Å². The van der Waals surface area contributed by atoms with Crippen LogP contribution in [0.15, 0.2) is 60.3 Å². The Balaban J connectivity index is 2.01. The zero-order chi connectivity index (χ0) is 20.3. The van der Waals surface area contributed by atoms with Crippen LogP contribution in [-0.4, -0.2) is 43.0 Å². The number of hydrogen-bond donors (Lipinski definition) is 0. The van der Waals surface area contributed by atoms with Crippen LogP contribution >= 0.6 is 0 Å². The Labute approximate surface area is 164 Å². The minimum absolute atomic E-state index is 0.00352. The second kappa shape index (κ2) is 8.35. The topological polar surface area (TPSA) is 49.9 Å². The van der Waals surface area contributed by atoms with Gasteiger partial charge in [0.2, 0.25) is 0 Å². The number of ether oxygens (including phenoxy) is 1. The lowest BCUT2D eigenvalue weighted by atomic mass is 10.0. The predicted octanol–water partition coefficient (Wildman–Crippen LogP) is 3.47. The standard InChI is InChI=1S/C22H23FN2O3/c1-15(2)28-14-13-25-21(26)19(16-9-11-17(23)12-10-16)20(22(25)27)24(3)18-7-5-4-6-8-18/h4-12,15H,13-14H2,1-3H3. The molecule has 0 aliphatic carbocycles. The molecule has 2 aromatic rings. The smallest absolute Gasteiger partial charge is 0.278 e. The third-order valence-corrected chi connectivity index (χ3v) is 4.52. The highest BCUT2D eigenvalue weighted by Crippen LogP contribution is 2.33. The molecule has 1 aliphatic rings. The van der Waals surface area contributed by atoms with Gasteiger partial charge in [-0.2, -0.15) is 0 Å². The first kappa shape index (κ1) is 19.8. The molecule has 0 spiro atoms. The number of amides is 2. The molecule has 28 heavy (non-hydrogen) atoms. The van der Waals surface area contributed by atoms with E-state index < -0.39 is 11.7 Å². The Morgan fingerprint density at radius 2 is 1.64 bits per heavy atom. The summed E-state index contributed by atoms with van der Waals surface area (Å²) >= 11 is 0. The van der Waals surface area contributed by atoms with E-state index in [1.807, 2.05) is 44.2 Å². The van der Waals surface area contributed by atoms with Crippen molar-refractivity contribution in [3.8, 4) is 0 Å². The summed E-state index contributed by atoms with van der Waals surface area (Å²) in [7, 11) is 1.74. The highest BCUT2D eigenvalue weighted by Gasteiger charge is 2.40. The van der Waals surface area contributed by atoms with Gasteiger partial charge in [0.25, 0.3) is 11.8 Å². The highest BCUT2D eigenvalue weighted by atomic mass is 19.1. The summed E-state index contributed by atoms with van der Waals surface area (Å²) in [6.45, 7) is 4.20. The Hall–Kier alpha value is -2.99. The molecule has 0 radical (unpaired) electrons. The van der Waals surface area contributed by atoms with Crippen LogP contribution in [0.5, 0.6) is 0 Å². The van der Waals surface area contributed by atoms with Crippen LogP contribution < -0.4 is 4.90 Å². The zero-order valence-corrected chi connectivity index (χ0v) is 16.2. The number of para-hydroxylation sites is 1. The number of likely N-dealkylation sites (N-methyl/N-ethyl adjacent to an activating group) is 1. The fourth-order valence-electron chi connectivity index (χ4n) is 3.11. The van der Waals surface area contributed by atoms with Crippen LogP contribution in [-0.2, 0) is 14.3 Å². The molecule has 0 fully saturated rings. The van der Waals surface area contributed by atoms with E-state index in [0.29, 0.717) is 5.56 Å². The Bertz CT molecular complexity index is 892. The maximum Gasteiger partial charge on any atom is 0.278 e. The number of carbonyl (C=O) groups is 2. The number of hydrogen-bond acceptors (Lipinski definition) is 4. The summed E-state index contributed by atoms with van der Waals surface area (Å²) in [6.07, 6.45) is 0.00352. The maximum absolute atomic E-state index is 13.4. The average Bonchev–Trinajstić information content (AvgIpc) is 2.93. The number of halogens is 1. The molecular formula is C22H23FN2O3. The van der Waals surface area contributed by atoms with Crippen LogP contribution in [0.25, 0.3) is 5.57 Å². The molecule has 146 valence electrons. The molecular weight excluding hydrogens is 359 g/mol. The van der Waals surface area contributed by atoms with Gasteiger partial charge in [0.15, 0.2) is 0 Å². The summed E-state index contributed by atoms with van der Waals surface area (Å²) in [6, 6.07) is 14.9. The zero-order valence-electron chi connectivity index (χ0n) is 16.2. The number of anilines is 1. The highest BCUT2D eigenvalue weighted by molar-refractivity contribution is 6.36. The lowest BCUT2D eigenvalue weighted by Gasteiger charge is -2.21. The molecule has 2 amide bonds. The molecule has 2 aromatic carbocycles. The van der Waals surface area contributed by atoms with Gasteiger partial charge in [-0.3, -0.25) is 14.5 Å². The van der Waals surface area contributed by atoms with E-state index in [9.17, 15) is 14.0 Å². The van der Waals surface area contributed by atoms with Crippen molar-refractivity contribution in [2.45, 2.75) is 20.0 Å². The van der Waals surface area contributed by atoms with Gasteiger partial charge < -0.3 is 9.64 Å². The number of benzene rings is 2. The van der Waals surface area contributed by atoms with Gasteiger partial charge in [-0.15, -0.1) is 0 Å². The van der Waals surface area contributed by atoms with Gasteiger partial charge in [-0.05, 0) is 43.7 Å². The summed E-state index contributed by atoms with van der Waals surface area (Å²) in [5, 5.41) is 0. The van der Waals surface area contributed by atoms with E-state index in [2.05, 4.69) is 0 Å². The normalized spacial score (nSPS) is 14.4. The molecule has 0 N–H and O–H groups in total. The predicted molar refractivity (Wildman–Crippen MR) is 106 cm³/mol. The number of carbonyl (C=O) groups excluding carboxylic acids is 2. The molecule has 0 aromatic heterocycles. The van der Waals surface area contributed by atoms with Gasteiger partial charge >= 0.3 is 0 Å². The van der Waals surface area contributed by atoms with E-state index in [1.54, 1.807) is 11.9 Å². The van der Waals surface area contributed by atoms with Crippen LogP contribution in [0.2, 0.25) is 0 Å². The van der Waals surface area contributed by atoms with E-state index in [4.69, 9.17) is 4.74 Å². The van der Waals surface area contributed by atoms with Crippen molar-refractivity contribution >= 4 is 23.1 Å². The van der Waals surface area contributed by atoms with Gasteiger partial charge in [-0.25, -0.2) is 4.39 Å². The van der Waals surface area contributed by atoms with Gasteiger partial charge in [0.05, 0.1) is 24.8 Å². The number of imide groups is 1. The molecule has 0 unspecified atom stereocenters. The van der Waals surface area contributed by atoms with Crippen molar-refractivity contribution in [2.75, 3.05) is 25.1 Å². The first-order chi connectivity index (χ1) is 13.4. The maximum atomic E-state index is 13.4. The summed E-state index contributed by atoms with van der Waals surface area (Å²) in [5.41, 5.74) is 1.82. The van der Waals surface area contributed by atoms with Crippen molar-refractivity contribution in [3.63, 3.8) is 0 Å². The average molecular weight is 382 g/mol. The van der Waals surface area contributed by atoms with Crippen LogP contribution in [0.4, 0.5) is 10.1 Å². The van der Waals surface area contributed by atoms with Crippen molar-refractivity contribution in [2.24, 2.45) is 0 Å². The summed E-state index contributed by atoms with van der Waals surface area (Å²) in [4.78, 5) is 29.1. The molecule has 6 heteroatoms. The first-order valence-electron chi connectivity index (χ1n) is 9.17. The minimum atomic E-state index is -0.402. The third-order valence-electron chi connectivity index (χ3n) is 4.52. The Morgan fingerprint density at radius 3 is 2.25 bits per heavy atom. The SMILES string of the molecule is CC(C)OCCN1C(=O)C(c2ccc(F)cc2)=C(N(C)c2ccccc2)C1=O. The molecule has 1 aliphatic heterocycles. The quantitative estimate of drug-likeness (QED) is 0.688. The monoisotopic (exact) mass is 382 g/mol. The molecule has 1 heterocycles. The van der Waals surface area contributed by atoms with Crippen molar-refractivity contribution in [1.29, 1.82) is 0 Å². The second-order valence-corrected chi connectivity index (χ2v) is 6.81. The largest absolute Gasteiger partial charge is 0.377 e. The minimum Gasteiger partial charge on any atom is -0.377 e. The number of rotatable bonds is 7. The van der Waals surface area contributed by atoms with Crippen LogP contribution in [0.3, 0.4) is 0 Å². The van der Waals surface area contributed by atoms with E-state index >= 15 is 0 Å². The molecule has 0 saturated carbocycles. The van der Waals surface area contributed by atoms with Crippen LogP contribution in [0.1, 0.15) is 19.4 Å². The van der Waals surface area contributed by atoms with E-state index in [1.165, 1.54) is 29.2 Å². The van der Waals surface area contributed by atoms with Gasteiger partial charge in [-0.1, -0.05) is 30.3 Å². The molecule has 0 atom stereocenters. The Morgan fingerprint density at radius 1 is 1.00 bits per heavy atom. The summed E-state index contributed by atoms with van der Waals surface area (Å²) < 4.78 is 18.9. The van der Waals surface area contributed by atoms with Crippen molar-refractivity contribution in [3.05, 3.63) is 71.7 Å². The first-order valence-corrected chi connectivity index (χ1v) is 9.17. The lowest BCUT2D eigenvalue weighted by molar-refractivity contribution is -0.138. The summed E-state index contributed by atoms with van der Waals surface area (Å²) in [5.74, 6) is -1.19. The molecule has 3 rings (SSSR count). The van der Waals surface area contributed by atoms with Gasteiger partial charge in [0, 0.05) is 12.7 Å². The molecule has 0 saturated heterocycles.